The van der Waals surface area contributed by atoms with Crippen LogP contribution in [0.15, 0.2) is 54.6 Å². The zero-order chi connectivity index (χ0) is 26.5. The van der Waals surface area contributed by atoms with Crippen LogP contribution < -0.4 is 25.0 Å². The normalized spacial score (nSPS) is 22.0. The smallest absolute Gasteiger partial charge is 0.236 e. The van der Waals surface area contributed by atoms with Crippen molar-refractivity contribution in [3.63, 3.8) is 0 Å². The third-order valence-corrected chi connectivity index (χ3v) is 7.61. The Morgan fingerprint density at radius 3 is 2.46 bits per heavy atom. The fourth-order valence-corrected chi connectivity index (χ4v) is 6.03. The topological polar surface area (TPSA) is 62.8 Å². The molecule has 2 aliphatic rings. The highest BCUT2D eigenvalue weighted by atomic mass is 32.1. The van der Waals surface area contributed by atoms with Crippen LogP contribution in [0.5, 0.6) is 11.5 Å². The molecule has 1 amide bonds. The second-order valence-electron chi connectivity index (χ2n) is 10.1. The first kappa shape index (κ1) is 25.1. The van der Waals surface area contributed by atoms with Crippen LogP contribution in [0.1, 0.15) is 47.7 Å². The van der Waals surface area contributed by atoms with E-state index in [0.29, 0.717) is 23.2 Å². The van der Waals surface area contributed by atoms with Gasteiger partial charge in [0.25, 0.3) is 0 Å². The Hall–Kier alpha value is -3.58. The number of nitrogens with one attached hydrogen (secondary N) is 2. The second-order valence-corrected chi connectivity index (χ2v) is 10.5. The number of nitrogens with zero attached hydrogens (tertiary/aromatic N) is 1. The maximum atomic E-state index is 14.1. The van der Waals surface area contributed by atoms with Crippen molar-refractivity contribution in [3.05, 3.63) is 82.4 Å². The van der Waals surface area contributed by atoms with Crippen molar-refractivity contribution in [2.45, 2.75) is 53.3 Å². The Morgan fingerprint density at radius 2 is 1.78 bits per heavy atom. The largest absolute Gasteiger partial charge is 0.490 e. The second kappa shape index (κ2) is 9.38. The number of benzene rings is 3. The van der Waals surface area contributed by atoms with Gasteiger partial charge < -0.3 is 20.1 Å². The molecule has 3 aromatic carbocycles. The molecule has 192 valence electrons. The molecule has 3 aromatic rings. The molecule has 6 nitrogen and oxygen atoms in total. The molecule has 0 unspecified atom stereocenters. The number of amides is 1. The van der Waals surface area contributed by atoms with Gasteiger partial charge in [0.1, 0.15) is 5.92 Å². The number of hydrogen-bond acceptors (Lipinski definition) is 4. The van der Waals surface area contributed by atoms with Gasteiger partial charge in [-0.1, -0.05) is 47.5 Å². The van der Waals surface area contributed by atoms with Crippen molar-refractivity contribution in [3.8, 4) is 11.5 Å². The number of carbonyl (C=O) groups excluding carboxylic acids is 1. The van der Waals surface area contributed by atoms with Crippen molar-refractivity contribution < 1.29 is 14.3 Å². The number of aryl methyl sites for hydroxylation is 4. The summed E-state index contributed by atoms with van der Waals surface area (Å²) in [6.07, 6.45) is 0. The summed E-state index contributed by atoms with van der Waals surface area (Å²) >= 11 is 5.92. The quantitative estimate of drug-likeness (QED) is 0.399. The molecule has 1 fully saturated rings. The average molecular weight is 516 g/mol. The zero-order valence-corrected chi connectivity index (χ0v) is 23.0. The van der Waals surface area contributed by atoms with Gasteiger partial charge in [-0.05, 0) is 83.1 Å². The molecular formula is C30H33N3O3S. The fraction of sp³-hybridized carbons (Fsp3) is 0.333. The van der Waals surface area contributed by atoms with Gasteiger partial charge in [0.15, 0.2) is 22.3 Å². The summed E-state index contributed by atoms with van der Waals surface area (Å²) in [4.78, 5) is 16.1. The van der Waals surface area contributed by atoms with Crippen LogP contribution >= 0.6 is 12.2 Å². The van der Waals surface area contributed by atoms with Crippen LogP contribution in [-0.2, 0) is 4.79 Å². The van der Waals surface area contributed by atoms with Gasteiger partial charge >= 0.3 is 0 Å². The predicted molar refractivity (Wildman–Crippen MR) is 152 cm³/mol. The van der Waals surface area contributed by atoms with Crippen molar-refractivity contribution in [2.24, 2.45) is 5.92 Å². The standard InChI is InChI=1S/C30H33N3O3S/c1-7-35-24-10-8-9-21-26-25(28(34)31-22-13-11-17(2)15-19(22)4)30(6,36-27(21)24)33(29(37)32-26)23-14-12-18(3)16-20(23)5/h8-16,25-26H,7H2,1-6H3,(H,31,34)(H,32,37)/t25-,26-,30+/m1/s1. The maximum Gasteiger partial charge on any atom is 0.236 e. The SMILES string of the molecule is CCOc1cccc2c1O[C@@]1(C)[C@@H](C(=O)Nc3ccc(C)cc3C)[C@@H]2NC(=S)N1c1ccc(C)cc1C. The highest BCUT2D eigenvalue weighted by Crippen LogP contribution is 2.53. The minimum atomic E-state index is -1.12. The van der Waals surface area contributed by atoms with Crippen LogP contribution in [-0.4, -0.2) is 23.4 Å². The van der Waals surface area contributed by atoms with E-state index in [9.17, 15) is 4.79 Å². The van der Waals surface area contributed by atoms with E-state index in [4.69, 9.17) is 21.7 Å². The van der Waals surface area contributed by atoms with Crippen LogP contribution in [0.3, 0.4) is 0 Å². The first-order valence-corrected chi connectivity index (χ1v) is 13.1. The minimum Gasteiger partial charge on any atom is -0.490 e. The van der Waals surface area contributed by atoms with Crippen LogP contribution in [0.4, 0.5) is 11.4 Å². The van der Waals surface area contributed by atoms with Crippen LogP contribution in [0.2, 0.25) is 0 Å². The number of anilines is 2. The van der Waals surface area contributed by atoms with Gasteiger partial charge in [-0.15, -0.1) is 0 Å². The Balaban J connectivity index is 1.66. The lowest BCUT2D eigenvalue weighted by Crippen LogP contribution is -2.72. The molecule has 0 radical (unpaired) electrons. The van der Waals surface area contributed by atoms with E-state index < -0.39 is 17.7 Å². The monoisotopic (exact) mass is 515 g/mol. The summed E-state index contributed by atoms with van der Waals surface area (Å²) in [5, 5.41) is 7.19. The minimum absolute atomic E-state index is 0.142. The number of rotatable bonds is 5. The number of ether oxygens (including phenoxy) is 2. The van der Waals surface area contributed by atoms with Gasteiger partial charge in [-0.3, -0.25) is 9.69 Å². The number of thiocarbonyl (C=S) groups is 1. The molecule has 2 bridgehead atoms. The molecule has 1 saturated heterocycles. The lowest BCUT2D eigenvalue weighted by atomic mass is 9.78. The lowest BCUT2D eigenvalue weighted by molar-refractivity contribution is -0.130. The molecule has 0 aromatic heterocycles. The third kappa shape index (κ3) is 4.21. The first-order chi connectivity index (χ1) is 17.6. The highest BCUT2D eigenvalue weighted by Gasteiger charge is 2.59. The van der Waals surface area contributed by atoms with Crippen molar-refractivity contribution in [1.82, 2.24) is 5.32 Å². The van der Waals surface area contributed by atoms with Crippen LogP contribution in [0.25, 0.3) is 0 Å². The number of fused-ring (bicyclic) bond motifs is 4. The first-order valence-electron chi connectivity index (χ1n) is 12.6. The Morgan fingerprint density at radius 1 is 1.08 bits per heavy atom. The average Bonchev–Trinajstić information content (AvgIpc) is 2.82. The molecule has 2 N–H and O–H groups in total. The highest BCUT2D eigenvalue weighted by molar-refractivity contribution is 7.80. The van der Waals surface area contributed by atoms with Crippen molar-refractivity contribution in [2.75, 3.05) is 16.8 Å². The van der Waals surface area contributed by atoms with E-state index in [0.717, 1.165) is 39.2 Å². The van der Waals surface area contributed by atoms with E-state index in [2.05, 4.69) is 29.7 Å². The molecule has 2 aliphatic heterocycles. The Bertz CT molecular complexity index is 1400. The number of para-hydroxylation sites is 1. The zero-order valence-electron chi connectivity index (χ0n) is 22.1. The molecule has 7 heteroatoms. The van der Waals surface area contributed by atoms with E-state index in [1.54, 1.807) is 0 Å². The lowest BCUT2D eigenvalue weighted by Gasteiger charge is -2.56. The van der Waals surface area contributed by atoms with Gasteiger partial charge in [-0.25, -0.2) is 0 Å². The van der Waals surface area contributed by atoms with Gasteiger partial charge in [0.05, 0.1) is 12.6 Å². The van der Waals surface area contributed by atoms with Gasteiger partial charge in [-0.2, -0.15) is 0 Å². The van der Waals surface area contributed by atoms with E-state index >= 15 is 0 Å². The van der Waals surface area contributed by atoms with E-state index in [-0.39, 0.29) is 5.91 Å². The molecule has 5 rings (SSSR count). The summed E-state index contributed by atoms with van der Waals surface area (Å²) in [5.41, 5.74) is 5.77. The molecule has 3 atom stereocenters. The van der Waals surface area contributed by atoms with Gasteiger partial charge in [0.2, 0.25) is 5.91 Å². The maximum absolute atomic E-state index is 14.1. The van der Waals surface area contributed by atoms with Crippen LogP contribution in [0, 0.1) is 33.6 Å². The molecule has 37 heavy (non-hydrogen) atoms. The summed E-state index contributed by atoms with van der Waals surface area (Å²) in [7, 11) is 0. The predicted octanol–water partition coefficient (Wildman–Crippen LogP) is 6.12. The molecule has 2 heterocycles. The Kier molecular flexibility index (Phi) is 6.36. The number of hydrogen-bond donors (Lipinski definition) is 2. The molecular weight excluding hydrogens is 482 g/mol. The van der Waals surface area contributed by atoms with E-state index in [1.807, 2.05) is 82.0 Å². The van der Waals surface area contributed by atoms with Crippen molar-refractivity contribution >= 4 is 34.6 Å². The summed E-state index contributed by atoms with van der Waals surface area (Å²) < 4.78 is 12.8. The molecule has 0 spiro atoms. The number of carbonyl (C=O) groups is 1. The molecule has 0 aliphatic carbocycles. The summed E-state index contributed by atoms with van der Waals surface area (Å²) in [6.45, 7) is 12.5. The van der Waals surface area contributed by atoms with Crippen molar-refractivity contribution in [1.29, 1.82) is 0 Å². The third-order valence-electron chi connectivity index (χ3n) is 7.30. The Labute approximate surface area is 224 Å². The fourth-order valence-electron chi connectivity index (χ4n) is 5.62. The molecule has 0 saturated carbocycles. The van der Waals surface area contributed by atoms with E-state index in [1.165, 1.54) is 0 Å². The summed E-state index contributed by atoms with van der Waals surface area (Å²) in [5.74, 6) is 0.526. The summed E-state index contributed by atoms with van der Waals surface area (Å²) in [6, 6.07) is 17.6. The van der Waals surface area contributed by atoms with Gasteiger partial charge in [0, 0.05) is 16.9 Å².